The van der Waals surface area contributed by atoms with E-state index < -0.39 is 15.3 Å². The Morgan fingerprint density at radius 3 is 0.727 bits per heavy atom. The first-order valence-corrected chi connectivity index (χ1v) is 4.09. The molecule has 0 aromatic carbocycles. The Morgan fingerprint density at radius 2 is 0.727 bits per heavy atom. The maximum Gasteiger partial charge on any atom is 0.291 e. The smallest absolute Gasteiger partial charge is 0.291 e. The monoisotopic (exact) mass is 335 g/mol. The Balaban J connectivity index is -0.0000000550. The van der Waals surface area contributed by atoms with Crippen LogP contribution in [0.2, 0.25) is 0 Å². The third kappa shape index (κ3) is 244000. The van der Waals surface area contributed by atoms with Crippen molar-refractivity contribution in [2.75, 3.05) is 0 Å². The fraction of sp³-hybridized carbons (Fsp3) is 0. The Bertz CT molecular complexity index is 290. The molecule has 0 saturated heterocycles. The normalized spacial score (nSPS) is 6.18. The summed E-state index contributed by atoms with van der Waals surface area (Å²) in [5, 5.41) is 40.9. The van der Waals surface area contributed by atoms with Gasteiger partial charge in [0.15, 0.2) is 0 Å². The number of nitrogens with zero attached hydrogens (tertiary/aromatic N) is 3. The van der Waals surface area contributed by atoms with Crippen LogP contribution in [0.1, 0.15) is 0 Å². The average molecular weight is 335 g/mol. The van der Waals surface area contributed by atoms with Crippen LogP contribution in [-0.2, 0) is 0 Å². The van der Waals surface area contributed by atoms with E-state index in [0.29, 0.717) is 0 Å². The van der Waals surface area contributed by atoms with Gasteiger partial charge in [0.2, 0.25) is 0 Å². The summed E-state index contributed by atoms with van der Waals surface area (Å²) >= 11 is 0. The summed E-state index contributed by atoms with van der Waals surface area (Å²) in [6.07, 6.45) is 2.28. The van der Waals surface area contributed by atoms with E-state index in [1.807, 2.05) is 0 Å². The first kappa shape index (κ1) is 30.7. The van der Waals surface area contributed by atoms with Gasteiger partial charge in [-0.3, -0.25) is 0 Å². The van der Waals surface area contributed by atoms with E-state index >= 15 is 0 Å². The molecule has 0 aliphatic rings. The molecule has 0 rings (SSSR count). The predicted octanol–water partition coefficient (Wildman–Crippen LogP) is -3.72. The lowest BCUT2D eigenvalue weighted by atomic mass is 10.8. The second-order valence-corrected chi connectivity index (χ2v) is 2.05. The van der Waals surface area contributed by atoms with Gasteiger partial charge in [-0.05, 0) is 0 Å². The third-order valence-corrected chi connectivity index (χ3v) is 0.385. The minimum Gasteiger partial charge on any atom is -0.402 e. The molecule has 22 heavy (non-hydrogen) atoms. The molecule has 132 valence electrons. The molecule has 0 unspecified atom stereocenters. The molecule has 0 heterocycles. The molecule has 18 heteroatoms. The summed E-state index contributed by atoms with van der Waals surface area (Å²) in [7, 11) is 0. The van der Waals surface area contributed by atoms with E-state index in [9.17, 15) is 0 Å². The van der Waals surface area contributed by atoms with Crippen molar-refractivity contribution in [3.05, 3.63) is 54.4 Å². The second-order valence-electron chi connectivity index (χ2n) is 2.05. The lowest BCUT2D eigenvalue weighted by Gasteiger charge is -1.78. The summed E-state index contributed by atoms with van der Waals surface area (Å²) in [6, 6.07) is 0. The molecular formula is C4H17N9O9. The van der Waals surface area contributed by atoms with E-state index in [0.717, 1.165) is 12.4 Å². The number of hydrogen-bond donors (Lipinski definition) is 9. The molecule has 0 atom stereocenters. The van der Waals surface area contributed by atoms with Gasteiger partial charge in [-0.2, -0.15) is 0 Å². The maximum atomic E-state index is 8.36. The molecule has 0 aromatic rings. The van der Waals surface area contributed by atoms with Crippen LogP contribution >= 0.6 is 0 Å². The van der Waals surface area contributed by atoms with Crippen LogP contribution in [-0.4, -0.2) is 30.9 Å². The highest BCUT2D eigenvalue weighted by Crippen LogP contribution is 1.49. The molecule has 0 aliphatic heterocycles. The minimum atomic E-state index is -1.50. The quantitative estimate of drug-likeness (QED) is 0.151. The summed E-state index contributed by atoms with van der Waals surface area (Å²) in [6.45, 7) is 0. The zero-order chi connectivity index (χ0) is 19.3. The van der Waals surface area contributed by atoms with Crippen molar-refractivity contribution in [2.24, 2.45) is 34.4 Å². The Hall–Kier alpha value is -4.12. The molecule has 0 saturated carbocycles. The van der Waals surface area contributed by atoms with E-state index in [4.69, 9.17) is 80.4 Å². The second kappa shape index (κ2) is 25.7. The zero-order valence-corrected chi connectivity index (χ0v) is 10.8. The van der Waals surface area contributed by atoms with Crippen molar-refractivity contribution in [1.29, 1.82) is 0 Å². The van der Waals surface area contributed by atoms with Crippen molar-refractivity contribution >= 4 is 0 Å². The third-order valence-electron chi connectivity index (χ3n) is 0.385. The predicted molar refractivity (Wildman–Crippen MR) is 67.6 cm³/mol. The molecule has 0 bridgehead atoms. The van der Waals surface area contributed by atoms with Gasteiger partial charge in [-0.25, -0.2) is 0 Å². The van der Waals surface area contributed by atoms with Gasteiger partial charge < -0.3 is 50.0 Å². The highest BCUT2D eigenvalue weighted by molar-refractivity contribution is 4.84. The minimum absolute atomic E-state index is 0.157. The van der Waals surface area contributed by atoms with Crippen LogP contribution in [0.4, 0.5) is 0 Å². The van der Waals surface area contributed by atoms with Crippen molar-refractivity contribution in [3.63, 3.8) is 0 Å². The Morgan fingerprint density at radius 1 is 0.682 bits per heavy atom. The summed E-state index contributed by atoms with van der Waals surface area (Å²) in [5.74, 6) is 0.315. The van der Waals surface area contributed by atoms with Crippen LogP contribution in [0.3, 0.4) is 0 Å². The first-order chi connectivity index (χ1) is 9.74. The summed E-state index contributed by atoms with van der Waals surface area (Å²) in [4.78, 5) is 25.1. The highest BCUT2D eigenvalue weighted by atomic mass is 16.9. The molecule has 15 N–H and O–H groups in total. The molecule has 0 fully saturated rings. The summed E-state index contributed by atoms with van der Waals surface area (Å²) in [5.41, 5.74) is 28.7. The number of nitrogens with two attached hydrogens (primary N) is 6. The van der Waals surface area contributed by atoms with Crippen molar-refractivity contribution < 1.29 is 30.9 Å². The van der Waals surface area contributed by atoms with Crippen LogP contribution in [0.25, 0.3) is 0 Å². The largest absolute Gasteiger partial charge is 0.402 e. The van der Waals surface area contributed by atoms with Crippen molar-refractivity contribution in [3.8, 4) is 0 Å². The molecule has 0 aromatic heterocycles. The molecule has 0 amide bonds. The summed E-state index contributed by atoms with van der Waals surface area (Å²) < 4.78 is 0. The lowest BCUT2D eigenvalue weighted by Crippen LogP contribution is -2.09. The van der Waals surface area contributed by atoms with Gasteiger partial charge in [-0.15, -0.1) is 30.3 Å². The van der Waals surface area contributed by atoms with E-state index in [1.165, 1.54) is 0 Å². The highest BCUT2D eigenvalue weighted by Gasteiger charge is 1.66. The average Bonchev–Trinajstić information content (AvgIpc) is 2.27. The standard InChI is InChI=1S/2C2H7N3.3HNO3/c2*3-1-2(4)5;3*2-1(3)4/h2*1H,3-5H2;3*(H,2,3,4). The maximum absolute atomic E-state index is 8.36. The van der Waals surface area contributed by atoms with Crippen LogP contribution in [0, 0.1) is 30.3 Å². The van der Waals surface area contributed by atoms with Gasteiger partial charge in [-0.1, -0.05) is 0 Å². The fourth-order valence-electron chi connectivity index (χ4n) is 0. The number of hydrogen-bond acceptors (Lipinski definition) is 12. The van der Waals surface area contributed by atoms with E-state index in [2.05, 4.69) is 0 Å². The van der Waals surface area contributed by atoms with Gasteiger partial charge in [0.05, 0.1) is 0 Å². The first-order valence-electron chi connectivity index (χ1n) is 4.09. The van der Waals surface area contributed by atoms with Gasteiger partial charge in [0.25, 0.3) is 15.3 Å². The number of rotatable bonds is 0. The molecule has 0 aliphatic carbocycles. The van der Waals surface area contributed by atoms with Crippen LogP contribution in [0.15, 0.2) is 24.0 Å². The SMILES string of the molecule is NC=C(N)N.NC=C(N)N.O=[N+]([O-])O.O=[N+]([O-])O.O=[N+]([O-])O. The molecule has 0 radical (unpaired) electrons. The van der Waals surface area contributed by atoms with Crippen molar-refractivity contribution in [1.82, 2.24) is 0 Å². The molecule has 18 nitrogen and oxygen atoms in total. The lowest BCUT2D eigenvalue weighted by molar-refractivity contribution is -0.742. The van der Waals surface area contributed by atoms with Gasteiger partial charge in [0, 0.05) is 12.4 Å². The Kier molecular flexibility index (Phi) is 35.8. The van der Waals surface area contributed by atoms with E-state index in [1.54, 1.807) is 0 Å². The van der Waals surface area contributed by atoms with Crippen LogP contribution in [0.5, 0.6) is 0 Å². The van der Waals surface area contributed by atoms with Gasteiger partial charge in [0.1, 0.15) is 11.6 Å². The van der Waals surface area contributed by atoms with Crippen LogP contribution < -0.4 is 34.4 Å². The molecule has 0 spiro atoms. The topological polar surface area (TPSA) is 346 Å². The molecular weight excluding hydrogens is 318 g/mol. The Labute approximate surface area is 121 Å². The fourth-order valence-corrected chi connectivity index (χ4v) is 0. The van der Waals surface area contributed by atoms with Crippen molar-refractivity contribution in [2.45, 2.75) is 0 Å². The van der Waals surface area contributed by atoms with E-state index in [-0.39, 0.29) is 11.6 Å². The van der Waals surface area contributed by atoms with Gasteiger partial charge >= 0.3 is 0 Å². The zero-order valence-electron chi connectivity index (χ0n) is 10.8.